The summed E-state index contributed by atoms with van der Waals surface area (Å²) in [6.45, 7) is 3.16. The van der Waals surface area contributed by atoms with E-state index in [-0.39, 0.29) is 23.6 Å². The smallest absolute Gasteiger partial charge is 0.255 e. The Balaban J connectivity index is 1.15. The molecule has 2 heterocycles. The van der Waals surface area contributed by atoms with Crippen molar-refractivity contribution >= 4 is 35.0 Å². The predicted octanol–water partition coefficient (Wildman–Crippen LogP) is 4.66. The van der Waals surface area contributed by atoms with E-state index in [4.69, 9.17) is 0 Å². The zero-order chi connectivity index (χ0) is 26.5. The summed E-state index contributed by atoms with van der Waals surface area (Å²) < 4.78 is 0. The van der Waals surface area contributed by atoms with Gasteiger partial charge in [-0.15, -0.1) is 0 Å². The molecule has 4 amide bonds. The van der Waals surface area contributed by atoms with Crippen molar-refractivity contribution in [1.82, 2.24) is 9.80 Å². The lowest BCUT2D eigenvalue weighted by atomic mass is 10.1. The van der Waals surface area contributed by atoms with Crippen molar-refractivity contribution in [3.8, 4) is 0 Å². The highest BCUT2D eigenvalue weighted by atomic mass is 16.2. The standard InChI is InChI=1S/C30H30N4O4/c35-27(31-25-13-9-23(10-14-25)29(37)33-17-1-2-18-33)21-5-7-22(8-6-21)28(36)32-26-15-11-24(12-16-26)30(38)34-19-3-4-20-34/h5-16H,1-4,17-20H2,(H,31,35)(H,32,36). The fourth-order valence-electron chi connectivity index (χ4n) is 4.78. The third kappa shape index (κ3) is 5.75. The zero-order valence-electron chi connectivity index (χ0n) is 21.1. The van der Waals surface area contributed by atoms with Gasteiger partial charge in [0.2, 0.25) is 0 Å². The van der Waals surface area contributed by atoms with Gasteiger partial charge in [-0.2, -0.15) is 0 Å². The van der Waals surface area contributed by atoms with Crippen molar-refractivity contribution in [2.45, 2.75) is 25.7 Å². The van der Waals surface area contributed by atoms with Crippen molar-refractivity contribution in [2.24, 2.45) is 0 Å². The quantitative estimate of drug-likeness (QED) is 0.504. The third-order valence-electron chi connectivity index (χ3n) is 6.98. The highest BCUT2D eigenvalue weighted by Gasteiger charge is 2.20. The number of nitrogens with one attached hydrogen (secondary N) is 2. The Hall–Kier alpha value is -4.46. The van der Waals surface area contributed by atoms with E-state index in [1.165, 1.54) is 0 Å². The topological polar surface area (TPSA) is 98.8 Å². The van der Waals surface area contributed by atoms with Gasteiger partial charge in [0.1, 0.15) is 0 Å². The molecule has 3 aromatic rings. The SMILES string of the molecule is O=C(Nc1ccc(C(=O)N2CCCC2)cc1)c1ccc(C(=O)Nc2ccc(C(=O)N3CCCC3)cc2)cc1. The average molecular weight is 511 g/mol. The Bertz CT molecular complexity index is 1220. The van der Waals surface area contributed by atoms with Crippen LogP contribution in [-0.2, 0) is 0 Å². The van der Waals surface area contributed by atoms with Gasteiger partial charge in [-0.05, 0) is 98.5 Å². The van der Waals surface area contributed by atoms with Gasteiger partial charge in [-0.3, -0.25) is 19.2 Å². The van der Waals surface area contributed by atoms with E-state index in [9.17, 15) is 19.2 Å². The Morgan fingerprint density at radius 1 is 0.447 bits per heavy atom. The third-order valence-corrected chi connectivity index (χ3v) is 6.98. The van der Waals surface area contributed by atoms with Crippen LogP contribution in [-0.4, -0.2) is 59.6 Å². The van der Waals surface area contributed by atoms with Crippen LogP contribution in [0.25, 0.3) is 0 Å². The summed E-state index contributed by atoms with van der Waals surface area (Å²) >= 11 is 0. The van der Waals surface area contributed by atoms with Crippen molar-refractivity contribution < 1.29 is 19.2 Å². The summed E-state index contributed by atoms with van der Waals surface area (Å²) in [5.41, 5.74) is 3.19. The van der Waals surface area contributed by atoms with Gasteiger partial charge < -0.3 is 20.4 Å². The van der Waals surface area contributed by atoms with Crippen LogP contribution in [0.2, 0.25) is 0 Å². The van der Waals surface area contributed by atoms with Crippen LogP contribution in [0, 0.1) is 0 Å². The fraction of sp³-hybridized carbons (Fsp3) is 0.267. The predicted molar refractivity (Wildman–Crippen MR) is 146 cm³/mol. The van der Waals surface area contributed by atoms with Gasteiger partial charge >= 0.3 is 0 Å². The first-order chi connectivity index (χ1) is 18.5. The van der Waals surface area contributed by atoms with E-state index in [1.807, 2.05) is 9.80 Å². The lowest BCUT2D eigenvalue weighted by Crippen LogP contribution is -2.27. The largest absolute Gasteiger partial charge is 0.339 e. The van der Waals surface area contributed by atoms with E-state index in [0.29, 0.717) is 33.6 Å². The lowest BCUT2D eigenvalue weighted by molar-refractivity contribution is 0.0785. The Labute approximate surface area is 221 Å². The molecule has 0 aliphatic carbocycles. The van der Waals surface area contributed by atoms with Crippen molar-refractivity contribution in [3.05, 3.63) is 95.1 Å². The molecule has 0 saturated carbocycles. The summed E-state index contributed by atoms with van der Waals surface area (Å²) in [4.78, 5) is 54.0. The molecule has 2 aliphatic rings. The molecule has 2 N–H and O–H groups in total. The first-order valence-electron chi connectivity index (χ1n) is 13.0. The van der Waals surface area contributed by atoms with Crippen molar-refractivity contribution in [3.63, 3.8) is 0 Å². The summed E-state index contributed by atoms with van der Waals surface area (Å²) in [7, 11) is 0. The first kappa shape index (κ1) is 25.2. The first-order valence-corrected chi connectivity index (χ1v) is 13.0. The fourth-order valence-corrected chi connectivity index (χ4v) is 4.78. The number of amides is 4. The molecule has 0 aromatic heterocycles. The van der Waals surface area contributed by atoms with Crippen LogP contribution in [0.1, 0.15) is 67.1 Å². The van der Waals surface area contributed by atoms with Gasteiger partial charge in [0.25, 0.3) is 23.6 Å². The van der Waals surface area contributed by atoms with Gasteiger partial charge in [-0.25, -0.2) is 0 Å². The van der Waals surface area contributed by atoms with Crippen LogP contribution >= 0.6 is 0 Å². The van der Waals surface area contributed by atoms with E-state index >= 15 is 0 Å². The molecule has 8 nitrogen and oxygen atoms in total. The summed E-state index contributed by atoms with van der Waals surface area (Å²) in [6, 6.07) is 20.1. The number of nitrogens with zero attached hydrogens (tertiary/aromatic N) is 2. The van der Waals surface area contributed by atoms with E-state index < -0.39 is 0 Å². The number of benzene rings is 3. The molecule has 0 radical (unpaired) electrons. The normalized spacial score (nSPS) is 14.8. The maximum absolute atomic E-state index is 12.7. The molecule has 0 atom stereocenters. The maximum Gasteiger partial charge on any atom is 0.255 e. The highest BCUT2D eigenvalue weighted by molar-refractivity contribution is 6.07. The molecule has 194 valence electrons. The van der Waals surface area contributed by atoms with Crippen LogP contribution in [0.4, 0.5) is 11.4 Å². The van der Waals surface area contributed by atoms with E-state index in [1.54, 1.807) is 72.8 Å². The summed E-state index contributed by atoms with van der Waals surface area (Å²) in [5.74, 6) is -0.593. The van der Waals surface area contributed by atoms with Crippen LogP contribution in [0.5, 0.6) is 0 Å². The molecular formula is C30H30N4O4. The molecule has 38 heavy (non-hydrogen) atoms. The molecule has 2 saturated heterocycles. The van der Waals surface area contributed by atoms with E-state index in [0.717, 1.165) is 51.9 Å². The number of anilines is 2. The number of likely N-dealkylation sites (tertiary alicyclic amines) is 2. The van der Waals surface area contributed by atoms with Gasteiger partial charge in [0.15, 0.2) is 0 Å². The maximum atomic E-state index is 12.7. The summed E-state index contributed by atoms with van der Waals surface area (Å²) in [6.07, 6.45) is 4.15. The minimum Gasteiger partial charge on any atom is -0.339 e. The molecule has 5 rings (SSSR count). The molecule has 0 spiro atoms. The van der Waals surface area contributed by atoms with Crippen molar-refractivity contribution in [1.29, 1.82) is 0 Å². The number of rotatable bonds is 6. The zero-order valence-corrected chi connectivity index (χ0v) is 21.1. The van der Waals surface area contributed by atoms with Gasteiger partial charge in [0, 0.05) is 59.8 Å². The molecule has 0 bridgehead atoms. The van der Waals surface area contributed by atoms with E-state index in [2.05, 4.69) is 10.6 Å². The molecule has 0 unspecified atom stereocenters. The number of carbonyl (C=O) groups is 4. The van der Waals surface area contributed by atoms with Crippen LogP contribution in [0.15, 0.2) is 72.8 Å². The monoisotopic (exact) mass is 510 g/mol. The minimum absolute atomic E-state index is 0.0146. The molecule has 3 aromatic carbocycles. The van der Waals surface area contributed by atoms with Crippen molar-refractivity contribution in [2.75, 3.05) is 36.8 Å². The van der Waals surface area contributed by atoms with Crippen LogP contribution in [0.3, 0.4) is 0 Å². The minimum atomic E-state index is -0.311. The molecule has 8 heteroatoms. The second-order valence-corrected chi connectivity index (χ2v) is 9.64. The Kier molecular flexibility index (Phi) is 7.49. The Morgan fingerprint density at radius 3 is 1.05 bits per heavy atom. The number of hydrogen-bond donors (Lipinski definition) is 2. The van der Waals surface area contributed by atoms with Gasteiger partial charge in [0.05, 0.1) is 0 Å². The second-order valence-electron chi connectivity index (χ2n) is 9.64. The lowest BCUT2D eigenvalue weighted by Gasteiger charge is -2.15. The molecular weight excluding hydrogens is 480 g/mol. The van der Waals surface area contributed by atoms with Gasteiger partial charge in [-0.1, -0.05) is 0 Å². The van der Waals surface area contributed by atoms with Crippen LogP contribution < -0.4 is 10.6 Å². The number of hydrogen-bond acceptors (Lipinski definition) is 4. The Morgan fingerprint density at radius 2 is 0.737 bits per heavy atom. The molecule has 2 fully saturated rings. The second kappa shape index (κ2) is 11.3. The highest BCUT2D eigenvalue weighted by Crippen LogP contribution is 2.18. The molecule has 2 aliphatic heterocycles. The average Bonchev–Trinajstić information content (AvgIpc) is 3.69. The number of carbonyl (C=O) groups excluding carboxylic acids is 4. The summed E-state index contributed by atoms with van der Waals surface area (Å²) in [5, 5.41) is 5.64.